The van der Waals surface area contributed by atoms with Crippen molar-refractivity contribution in [2.45, 2.75) is 0 Å². The predicted molar refractivity (Wildman–Crippen MR) is 73.3 cm³/mol. The van der Waals surface area contributed by atoms with Gasteiger partial charge in [-0.2, -0.15) is 0 Å². The van der Waals surface area contributed by atoms with Crippen molar-refractivity contribution >= 4 is 44.6 Å². The van der Waals surface area contributed by atoms with Gasteiger partial charge in [-0.25, -0.2) is 0 Å². The van der Waals surface area contributed by atoms with Crippen LogP contribution in [0.2, 0.25) is 5.02 Å². The van der Waals surface area contributed by atoms with E-state index in [0.717, 1.165) is 21.5 Å². The van der Waals surface area contributed by atoms with Gasteiger partial charge in [0.25, 0.3) is 0 Å². The van der Waals surface area contributed by atoms with Gasteiger partial charge in [0.1, 0.15) is 0 Å². The van der Waals surface area contributed by atoms with Crippen LogP contribution in [0.1, 0.15) is 0 Å². The number of rotatable bonds is 2. The molecule has 0 saturated heterocycles. The summed E-state index contributed by atoms with van der Waals surface area (Å²) in [6.45, 7) is 0. The normalized spacial score (nSPS) is 10.1. The van der Waals surface area contributed by atoms with Crippen molar-refractivity contribution in [2.24, 2.45) is 0 Å². The molecule has 0 bridgehead atoms. The highest BCUT2D eigenvalue weighted by molar-refractivity contribution is 9.10. The van der Waals surface area contributed by atoms with E-state index in [4.69, 9.17) is 17.3 Å². The summed E-state index contributed by atoms with van der Waals surface area (Å²) in [6.07, 6.45) is 0. The van der Waals surface area contributed by atoms with E-state index in [1.807, 2.05) is 42.5 Å². The molecule has 2 aromatic rings. The van der Waals surface area contributed by atoms with Crippen molar-refractivity contribution < 1.29 is 0 Å². The SMILES string of the molecule is Nc1ccc(Nc2ccccc2Cl)c(Br)c1. The third-order valence-electron chi connectivity index (χ3n) is 2.14. The molecule has 0 aliphatic rings. The van der Waals surface area contributed by atoms with Crippen LogP contribution in [0.3, 0.4) is 0 Å². The molecule has 3 N–H and O–H groups in total. The third-order valence-corrected chi connectivity index (χ3v) is 3.12. The number of nitrogens with two attached hydrogens (primary N) is 1. The lowest BCUT2D eigenvalue weighted by atomic mass is 10.2. The van der Waals surface area contributed by atoms with Crippen molar-refractivity contribution in [2.75, 3.05) is 11.1 Å². The first-order valence-electron chi connectivity index (χ1n) is 4.73. The average Bonchev–Trinajstić information content (AvgIpc) is 2.25. The Morgan fingerprint density at radius 2 is 1.81 bits per heavy atom. The number of anilines is 3. The number of halogens is 2. The first-order valence-corrected chi connectivity index (χ1v) is 5.90. The Labute approximate surface area is 108 Å². The monoisotopic (exact) mass is 296 g/mol. The van der Waals surface area contributed by atoms with Gasteiger partial charge < -0.3 is 11.1 Å². The number of para-hydroxylation sites is 1. The molecule has 2 nitrogen and oxygen atoms in total. The van der Waals surface area contributed by atoms with Crippen LogP contribution in [0.5, 0.6) is 0 Å². The minimum atomic E-state index is 0.686. The van der Waals surface area contributed by atoms with E-state index in [2.05, 4.69) is 21.2 Å². The molecule has 0 saturated carbocycles. The summed E-state index contributed by atoms with van der Waals surface area (Å²) in [7, 11) is 0. The van der Waals surface area contributed by atoms with Crippen molar-refractivity contribution in [3.05, 3.63) is 52.0 Å². The van der Waals surface area contributed by atoms with Crippen LogP contribution in [0.4, 0.5) is 17.1 Å². The molecule has 2 rings (SSSR count). The molecule has 4 heteroatoms. The van der Waals surface area contributed by atoms with Crippen LogP contribution in [-0.4, -0.2) is 0 Å². The van der Waals surface area contributed by atoms with Crippen LogP contribution in [0, 0.1) is 0 Å². The summed E-state index contributed by atoms with van der Waals surface area (Å²) in [5.41, 5.74) is 8.19. The van der Waals surface area contributed by atoms with E-state index in [0.29, 0.717) is 5.02 Å². The Bertz CT molecular complexity index is 514. The molecule has 0 amide bonds. The number of benzene rings is 2. The molecule has 0 heterocycles. The fourth-order valence-corrected chi connectivity index (χ4v) is 2.02. The van der Waals surface area contributed by atoms with Gasteiger partial charge in [0, 0.05) is 10.2 Å². The molecule has 0 unspecified atom stereocenters. The fourth-order valence-electron chi connectivity index (χ4n) is 1.34. The minimum absolute atomic E-state index is 0.686. The lowest BCUT2D eigenvalue weighted by Crippen LogP contribution is -1.93. The highest BCUT2D eigenvalue weighted by atomic mass is 79.9. The summed E-state index contributed by atoms with van der Waals surface area (Å²) < 4.78 is 0.910. The third kappa shape index (κ3) is 2.49. The van der Waals surface area contributed by atoms with Crippen molar-refractivity contribution in [3.8, 4) is 0 Å². The number of nitrogens with one attached hydrogen (secondary N) is 1. The van der Waals surface area contributed by atoms with Gasteiger partial charge in [0.15, 0.2) is 0 Å². The fraction of sp³-hybridized carbons (Fsp3) is 0. The van der Waals surface area contributed by atoms with Gasteiger partial charge in [-0.05, 0) is 46.3 Å². The Kier molecular flexibility index (Phi) is 3.36. The maximum atomic E-state index is 6.06. The minimum Gasteiger partial charge on any atom is -0.399 e. The Morgan fingerprint density at radius 3 is 2.50 bits per heavy atom. The standard InChI is InChI=1S/C12H10BrClN2/c13-9-7-8(15)5-6-11(9)16-12-4-2-1-3-10(12)14/h1-7,16H,15H2. The van der Waals surface area contributed by atoms with Gasteiger partial charge in [-0.3, -0.25) is 0 Å². The number of hydrogen-bond acceptors (Lipinski definition) is 2. The molecule has 0 aromatic heterocycles. The van der Waals surface area contributed by atoms with Crippen molar-refractivity contribution in [3.63, 3.8) is 0 Å². The topological polar surface area (TPSA) is 38.0 Å². The van der Waals surface area contributed by atoms with E-state index in [-0.39, 0.29) is 0 Å². The van der Waals surface area contributed by atoms with Gasteiger partial charge in [0.05, 0.1) is 16.4 Å². The zero-order valence-electron chi connectivity index (χ0n) is 8.37. The molecule has 0 radical (unpaired) electrons. The van der Waals surface area contributed by atoms with E-state index >= 15 is 0 Å². The molecule has 0 spiro atoms. The van der Waals surface area contributed by atoms with Gasteiger partial charge in [-0.1, -0.05) is 23.7 Å². The Hall–Kier alpha value is -1.19. The number of nitrogen functional groups attached to an aromatic ring is 1. The molecule has 82 valence electrons. The first kappa shape index (κ1) is 11.3. The second-order valence-corrected chi connectivity index (χ2v) is 4.61. The maximum absolute atomic E-state index is 6.06. The summed E-state index contributed by atoms with van der Waals surface area (Å²) in [6, 6.07) is 13.2. The Morgan fingerprint density at radius 1 is 1.06 bits per heavy atom. The molecular formula is C12H10BrClN2. The first-order chi connectivity index (χ1) is 7.66. The van der Waals surface area contributed by atoms with E-state index in [1.54, 1.807) is 0 Å². The Balaban J connectivity index is 2.31. The largest absolute Gasteiger partial charge is 0.399 e. The zero-order chi connectivity index (χ0) is 11.5. The van der Waals surface area contributed by atoms with Gasteiger partial charge >= 0.3 is 0 Å². The van der Waals surface area contributed by atoms with E-state index < -0.39 is 0 Å². The van der Waals surface area contributed by atoms with Crippen LogP contribution in [0.25, 0.3) is 0 Å². The van der Waals surface area contributed by atoms with E-state index in [1.165, 1.54) is 0 Å². The lowest BCUT2D eigenvalue weighted by Gasteiger charge is -2.10. The molecule has 0 aliphatic carbocycles. The second kappa shape index (κ2) is 4.76. The quantitative estimate of drug-likeness (QED) is 0.805. The van der Waals surface area contributed by atoms with Crippen LogP contribution in [-0.2, 0) is 0 Å². The predicted octanol–water partition coefficient (Wildman–Crippen LogP) is 4.43. The second-order valence-electron chi connectivity index (χ2n) is 3.34. The maximum Gasteiger partial charge on any atom is 0.0640 e. The highest BCUT2D eigenvalue weighted by Gasteiger charge is 2.03. The molecule has 16 heavy (non-hydrogen) atoms. The molecule has 0 atom stereocenters. The van der Waals surface area contributed by atoms with E-state index in [9.17, 15) is 0 Å². The average molecular weight is 298 g/mol. The smallest absolute Gasteiger partial charge is 0.0640 e. The van der Waals surface area contributed by atoms with Gasteiger partial charge in [-0.15, -0.1) is 0 Å². The highest BCUT2D eigenvalue weighted by Crippen LogP contribution is 2.30. The van der Waals surface area contributed by atoms with Crippen LogP contribution in [0.15, 0.2) is 46.9 Å². The van der Waals surface area contributed by atoms with Crippen LogP contribution < -0.4 is 11.1 Å². The summed E-state index contributed by atoms with van der Waals surface area (Å²) >= 11 is 9.50. The van der Waals surface area contributed by atoms with Crippen molar-refractivity contribution in [1.29, 1.82) is 0 Å². The summed E-state index contributed by atoms with van der Waals surface area (Å²) in [4.78, 5) is 0. The summed E-state index contributed by atoms with van der Waals surface area (Å²) in [5, 5.41) is 3.92. The molecule has 2 aromatic carbocycles. The molecule has 0 fully saturated rings. The molecule has 0 aliphatic heterocycles. The van der Waals surface area contributed by atoms with Crippen molar-refractivity contribution in [1.82, 2.24) is 0 Å². The zero-order valence-corrected chi connectivity index (χ0v) is 10.7. The summed E-state index contributed by atoms with van der Waals surface area (Å²) in [5.74, 6) is 0. The van der Waals surface area contributed by atoms with Gasteiger partial charge in [0.2, 0.25) is 0 Å². The molecular weight excluding hydrogens is 288 g/mol. The number of hydrogen-bond donors (Lipinski definition) is 2. The van der Waals surface area contributed by atoms with Crippen LogP contribution >= 0.6 is 27.5 Å². The lowest BCUT2D eigenvalue weighted by molar-refractivity contribution is 1.52.